The highest BCUT2D eigenvalue weighted by molar-refractivity contribution is 6.31. The molecular weight excluding hydrogens is 245 g/mol. The van der Waals surface area contributed by atoms with Gasteiger partial charge in [0.15, 0.2) is 0 Å². The highest BCUT2D eigenvalue weighted by atomic mass is 35.5. The van der Waals surface area contributed by atoms with E-state index in [-0.39, 0.29) is 0 Å². The van der Waals surface area contributed by atoms with E-state index in [0.717, 1.165) is 5.56 Å². The van der Waals surface area contributed by atoms with Crippen molar-refractivity contribution >= 4 is 28.9 Å². The van der Waals surface area contributed by atoms with E-state index in [1.165, 1.54) is 0 Å². The first-order valence-electron chi connectivity index (χ1n) is 4.63. The molecule has 0 aliphatic heterocycles. The maximum Gasteiger partial charge on any atom is 0.133 e. The lowest BCUT2D eigenvalue weighted by molar-refractivity contribution is 1.06. The first-order valence-corrected chi connectivity index (χ1v) is 5.38. The van der Waals surface area contributed by atoms with Gasteiger partial charge >= 0.3 is 0 Å². The monoisotopic (exact) mass is 253 g/mol. The fraction of sp³-hybridized carbons (Fsp3) is 0.0909. The van der Waals surface area contributed by atoms with Crippen LogP contribution in [0.3, 0.4) is 0 Å². The number of nitrogens with two attached hydrogens (primary N) is 1. The number of benzene rings is 1. The molecule has 82 valence electrons. The number of nitrogens with zero attached hydrogens (tertiary/aromatic N) is 2. The molecule has 5 heteroatoms. The average Bonchev–Trinajstić information content (AvgIpc) is 2.20. The Balaban J connectivity index is 2.62. The molecule has 2 N–H and O–H groups in total. The molecule has 1 aromatic carbocycles. The number of aromatic nitrogens is 2. The van der Waals surface area contributed by atoms with Gasteiger partial charge in [-0.25, -0.2) is 9.97 Å². The van der Waals surface area contributed by atoms with Crippen LogP contribution in [0, 0.1) is 6.92 Å². The Kier molecular flexibility index (Phi) is 2.99. The van der Waals surface area contributed by atoms with Gasteiger partial charge in [-0.1, -0.05) is 23.2 Å². The quantitative estimate of drug-likeness (QED) is 0.627. The summed E-state index contributed by atoms with van der Waals surface area (Å²) in [4.78, 5) is 8.26. The molecule has 3 nitrogen and oxygen atoms in total. The molecule has 0 radical (unpaired) electrons. The fourth-order valence-corrected chi connectivity index (χ4v) is 1.82. The SMILES string of the molecule is Cc1nc(Cl)cc(-c2cc(Cl)ccc2N)n1. The van der Waals surface area contributed by atoms with Gasteiger partial charge in [-0.3, -0.25) is 0 Å². The van der Waals surface area contributed by atoms with Crippen LogP contribution in [-0.2, 0) is 0 Å². The van der Waals surface area contributed by atoms with E-state index in [9.17, 15) is 0 Å². The van der Waals surface area contributed by atoms with Crippen LogP contribution in [0.15, 0.2) is 24.3 Å². The molecule has 0 atom stereocenters. The van der Waals surface area contributed by atoms with Gasteiger partial charge in [-0.15, -0.1) is 0 Å². The molecule has 16 heavy (non-hydrogen) atoms. The molecule has 0 amide bonds. The largest absolute Gasteiger partial charge is 0.398 e. The van der Waals surface area contributed by atoms with Gasteiger partial charge in [0, 0.05) is 22.3 Å². The van der Waals surface area contributed by atoms with Crippen LogP contribution in [0.25, 0.3) is 11.3 Å². The number of halogens is 2. The Morgan fingerprint density at radius 3 is 2.56 bits per heavy atom. The van der Waals surface area contributed by atoms with Crippen molar-refractivity contribution in [2.75, 3.05) is 5.73 Å². The van der Waals surface area contributed by atoms with Crippen molar-refractivity contribution in [1.82, 2.24) is 9.97 Å². The molecule has 0 spiro atoms. The summed E-state index contributed by atoms with van der Waals surface area (Å²) in [6, 6.07) is 6.89. The highest BCUT2D eigenvalue weighted by Gasteiger charge is 2.07. The van der Waals surface area contributed by atoms with Crippen LogP contribution in [-0.4, -0.2) is 9.97 Å². The summed E-state index contributed by atoms with van der Waals surface area (Å²) in [5.41, 5.74) is 7.91. The van der Waals surface area contributed by atoms with Crippen molar-refractivity contribution < 1.29 is 0 Å². The second-order valence-electron chi connectivity index (χ2n) is 3.35. The Bertz CT molecular complexity index is 520. The Morgan fingerprint density at radius 1 is 1.12 bits per heavy atom. The van der Waals surface area contributed by atoms with Gasteiger partial charge in [0.05, 0.1) is 5.69 Å². The molecule has 0 saturated heterocycles. The topological polar surface area (TPSA) is 51.8 Å². The van der Waals surface area contributed by atoms with Gasteiger partial charge < -0.3 is 5.73 Å². The van der Waals surface area contributed by atoms with Crippen molar-refractivity contribution in [2.24, 2.45) is 0 Å². The first-order chi connectivity index (χ1) is 7.56. The number of nitrogen functional groups attached to an aromatic ring is 1. The van der Waals surface area contributed by atoms with Crippen LogP contribution in [0.4, 0.5) is 5.69 Å². The van der Waals surface area contributed by atoms with E-state index in [0.29, 0.717) is 27.4 Å². The third-order valence-electron chi connectivity index (χ3n) is 2.10. The highest BCUT2D eigenvalue weighted by Crippen LogP contribution is 2.28. The van der Waals surface area contributed by atoms with Crippen molar-refractivity contribution in [3.63, 3.8) is 0 Å². The van der Waals surface area contributed by atoms with Gasteiger partial charge in [0.25, 0.3) is 0 Å². The summed E-state index contributed by atoms with van der Waals surface area (Å²) < 4.78 is 0. The van der Waals surface area contributed by atoms with E-state index in [2.05, 4.69) is 9.97 Å². The minimum atomic E-state index is 0.391. The second-order valence-corrected chi connectivity index (χ2v) is 4.18. The molecule has 2 rings (SSSR count). The van der Waals surface area contributed by atoms with Crippen LogP contribution in [0.1, 0.15) is 5.82 Å². The van der Waals surface area contributed by atoms with Crippen molar-refractivity contribution in [2.45, 2.75) is 6.92 Å². The van der Waals surface area contributed by atoms with Crippen LogP contribution < -0.4 is 5.73 Å². The van der Waals surface area contributed by atoms with Crippen LogP contribution in [0.2, 0.25) is 10.2 Å². The lowest BCUT2D eigenvalue weighted by atomic mass is 10.1. The summed E-state index contributed by atoms with van der Waals surface area (Å²) in [6.45, 7) is 1.77. The smallest absolute Gasteiger partial charge is 0.133 e. The molecule has 0 fully saturated rings. The summed E-state index contributed by atoms with van der Waals surface area (Å²) in [6.07, 6.45) is 0. The summed E-state index contributed by atoms with van der Waals surface area (Å²) in [5, 5.41) is 0.999. The van der Waals surface area contributed by atoms with Crippen LogP contribution in [0.5, 0.6) is 0 Å². The lowest BCUT2D eigenvalue weighted by Gasteiger charge is -2.06. The van der Waals surface area contributed by atoms with E-state index in [4.69, 9.17) is 28.9 Å². The second kappa shape index (κ2) is 4.28. The Hall–Kier alpha value is -1.32. The van der Waals surface area contributed by atoms with Gasteiger partial charge in [0.2, 0.25) is 0 Å². The standard InChI is InChI=1S/C11H9Cl2N3/c1-6-15-10(5-11(13)16-6)8-4-7(12)2-3-9(8)14/h2-5H,14H2,1H3. The minimum absolute atomic E-state index is 0.391. The molecule has 1 heterocycles. The molecule has 0 aliphatic rings. The lowest BCUT2D eigenvalue weighted by Crippen LogP contribution is -1.95. The third-order valence-corrected chi connectivity index (χ3v) is 2.53. The van der Waals surface area contributed by atoms with Gasteiger partial charge in [-0.2, -0.15) is 0 Å². The van der Waals surface area contributed by atoms with Crippen molar-refractivity contribution in [1.29, 1.82) is 0 Å². The molecule has 0 bridgehead atoms. The molecule has 0 aliphatic carbocycles. The Labute approximate surface area is 103 Å². The summed E-state index contributed by atoms with van der Waals surface area (Å²) >= 11 is 11.8. The molecule has 0 saturated carbocycles. The normalized spacial score (nSPS) is 10.4. The first kappa shape index (κ1) is 11.2. The maximum atomic E-state index is 5.91. The Morgan fingerprint density at radius 2 is 1.88 bits per heavy atom. The molecule has 1 aromatic heterocycles. The number of hydrogen-bond donors (Lipinski definition) is 1. The molecule has 2 aromatic rings. The number of anilines is 1. The maximum absolute atomic E-state index is 5.91. The van der Waals surface area contributed by atoms with E-state index in [1.54, 1.807) is 31.2 Å². The molecular formula is C11H9Cl2N3. The third kappa shape index (κ3) is 2.26. The van der Waals surface area contributed by atoms with E-state index < -0.39 is 0 Å². The van der Waals surface area contributed by atoms with E-state index >= 15 is 0 Å². The summed E-state index contributed by atoms with van der Waals surface area (Å²) in [7, 11) is 0. The van der Waals surface area contributed by atoms with Crippen molar-refractivity contribution in [3.05, 3.63) is 40.3 Å². The zero-order valence-corrected chi connectivity index (χ0v) is 10.0. The molecule has 0 unspecified atom stereocenters. The number of rotatable bonds is 1. The predicted octanol–water partition coefficient (Wildman–Crippen LogP) is 3.34. The fourth-order valence-electron chi connectivity index (χ4n) is 1.42. The zero-order valence-electron chi connectivity index (χ0n) is 8.54. The number of aryl methyl sites for hydroxylation is 1. The van der Waals surface area contributed by atoms with E-state index in [1.807, 2.05) is 0 Å². The van der Waals surface area contributed by atoms with Gasteiger partial charge in [0.1, 0.15) is 11.0 Å². The average molecular weight is 254 g/mol. The van der Waals surface area contributed by atoms with Gasteiger partial charge in [-0.05, 0) is 25.1 Å². The zero-order chi connectivity index (χ0) is 11.7. The van der Waals surface area contributed by atoms with Crippen molar-refractivity contribution in [3.8, 4) is 11.3 Å². The number of hydrogen-bond acceptors (Lipinski definition) is 3. The van der Waals surface area contributed by atoms with Crippen LogP contribution >= 0.6 is 23.2 Å². The predicted molar refractivity (Wildman–Crippen MR) is 66.6 cm³/mol. The minimum Gasteiger partial charge on any atom is -0.398 e. The summed E-state index contributed by atoms with van der Waals surface area (Å²) in [5.74, 6) is 0.599.